The first-order valence-corrected chi connectivity index (χ1v) is 37.0. The van der Waals surface area contributed by atoms with Crippen molar-refractivity contribution in [1.82, 2.24) is 0 Å². The van der Waals surface area contributed by atoms with Gasteiger partial charge in [0.2, 0.25) is 0 Å². The van der Waals surface area contributed by atoms with Gasteiger partial charge in [-0.1, -0.05) is 326 Å². The molecular weight excluding hydrogens is 1030 g/mol. The average Bonchev–Trinajstić information content (AvgIpc) is 3.46. The highest BCUT2D eigenvalue weighted by Gasteiger charge is 2.26. The highest BCUT2D eigenvalue weighted by atomic mass is 31.2. The van der Waals surface area contributed by atoms with Crippen molar-refractivity contribution in [3.05, 3.63) is 36.5 Å². The minimum atomic E-state index is -4.39. The highest BCUT2D eigenvalue weighted by Crippen LogP contribution is 2.43. The first-order chi connectivity index (χ1) is 39.8. The number of phosphoric acid groups is 1. The smallest absolute Gasteiger partial charge is 0.462 e. The van der Waals surface area contributed by atoms with Gasteiger partial charge in [-0.2, -0.15) is 0 Å². The summed E-state index contributed by atoms with van der Waals surface area (Å²) in [7, 11) is -4.39. The number of hydrogen-bond acceptors (Lipinski definition) is 8. The van der Waals surface area contributed by atoms with Gasteiger partial charge in [-0.3, -0.25) is 18.6 Å². The number of esters is 2. The van der Waals surface area contributed by atoms with E-state index >= 15 is 0 Å². The van der Waals surface area contributed by atoms with E-state index in [2.05, 4.69) is 50.3 Å². The van der Waals surface area contributed by atoms with E-state index in [4.69, 9.17) is 24.3 Å². The summed E-state index contributed by atoms with van der Waals surface area (Å²) in [5.41, 5.74) is 5.40. The first-order valence-electron chi connectivity index (χ1n) is 35.5. The lowest BCUT2D eigenvalue weighted by Crippen LogP contribution is -2.29. The van der Waals surface area contributed by atoms with E-state index in [0.717, 1.165) is 38.5 Å². The van der Waals surface area contributed by atoms with Gasteiger partial charge in [-0.15, -0.1) is 0 Å². The number of ether oxygens (including phenoxy) is 2. The number of nitrogens with two attached hydrogens (primary N) is 1. The molecular formula is C71H136NO8P. The number of allylic oxidation sites excluding steroid dienone is 6. The SMILES string of the molecule is CCCCCCC/C=C\C/C=C\CCCCCCCCCCCCCCCCCCCCCCCCCCCC(=O)OC(COC(=O)CCCCCCCCCCCCC/C=C\CCCCCCCCCC)COP(=O)(O)OCCN. The van der Waals surface area contributed by atoms with Crippen LogP contribution in [0.25, 0.3) is 0 Å². The van der Waals surface area contributed by atoms with Crippen LogP contribution in [0.15, 0.2) is 36.5 Å². The third-order valence-corrected chi connectivity index (χ3v) is 17.0. The standard InChI is InChI=1S/C71H136NO8P/c1-3-5-7-9-11-13-15-17-19-21-23-25-27-28-29-30-31-32-33-34-35-36-37-38-39-40-42-44-46-48-50-52-54-56-58-60-62-64-71(74)80-69(68-79-81(75,76)78-66-65-72)67-77-70(73)63-61-59-57-55-53-51-49-47-45-43-41-26-24-22-20-18-16-14-12-10-8-6-4-2/h15,17,21-24,69H,3-14,16,18-20,25-68,72H2,1-2H3,(H,75,76)/b17-15-,23-21-,24-22-. The zero-order chi connectivity index (χ0) is 58.7. The molecule has 0 aliphatic heterocycles. The fourth-order valence-corrected chi connectivity index (χ4v) is 11.5. The number of hydrogen-bond donors (Lipinski definition) is 2. The molecule has 0 aliphatic rings. The molecule has 0 aromatic heterocycles. The maximum Gasteiger partial charge on any atom is 0.472 e. The van der Waals surface area contributed by atoms with Gasteiger partial charge in [0.25, 0.3) is 0 Å². The van der Waals surface area contributed by atoms with Gasteiger partial charge in [0.1, 0.15) is 6.61 Å². The van der Waals surface area contributed by atoms with Crippen LogP contribution < -0.4 is 5.73 Å². The maximum absolute atomic E-state index is 12.8. The zero-order valence-corrected chi connectivity index (χ0v) is 54.7. The van der Waals surface area contributed by atoms with E-state index < -0.39 is 26.5 Å². The first kappa shape index (κ1) is 79.2. The van der Waals surface area contributed by atoms with Crippen molar-refractivity contribution in [2.24, 2.45) is 5.73 Å². The second-order valence-electron chi connectivity index (χ2n) is 24.1. The van der Waals surface area contributed by atoms with Crippen LogP contribution >= 0.6 is 7.82 Å². The Kier molecular flexibility index (Phi) is 65.9. The summed E-state index contributed by atoms with van der Waals surface area (Å²) < 4.78 is 33.2. The van der Waals surface area contributed by atoms with Crippen molar-refractivity contribution in [1.29, 1.82) is 0 Å². The lowest BCUT2D eigenvalue weighted by atomic mass is 10.0. The highest BCUT2D eigenvalue weighted by molar-refractivity contribution is 7.47. The predicted molar refractivity (Wildman–Crippen MR) is 349 cm³/mol. The van der Waals surface area contributed by atoms with Crippen LogP contribution in [-0.2, 0) is 32.7 Å². The molecule has 0 bridgehead atoms. The van der Waals surface area contributed by atoms with Crippen LogP contribution in [0, 0.1) is 0 Å². The van der Waals surface area contributed by atoms with Crippen molar-refractivity contribution >= 4 is 19.8 Å². The van der Waals surface area contributed by atoms with Crippen LogP contribution in [-0.4, -0.2) is 49.3 Å². The van der Waals surface area contributed by atoms with Crippen molar-refractivity contribution in [2.45, 2.75) is 380 Å². The molecule has 0 heterocycles. The zero-order valence-electron chi connectivity index (χ0n) is 53.8. The van der Waals surface area contributed by atoms with Gasteiger partial charge in [-0.25, -0.2) is 4.57 Å². The lowest BCUT2D eigenvalue weighted by Gasteiger charge is -2.19. The van der Waals surface area contributed by atoms with Crippen molar-refractivity contribution < 1.29 is 37.6 Å². The molecule has 2 unspecified atom stereocenters. The lowest BCUT2D eigenvalue weighted by molar-refractivity contribution is -0.161. The maximum atomic E-state index is 12.8. The van der Waals surface area contributed by atoms with Crippen LogP contribution in [0.1, 0.15) is 373 Å². The average molecular weight is 1160 g/mol. The minimum absolute atomic E-state index is 0.0558. The second-order valence-corrected chi connectivity index (χ2v) is 25.6. The molecule has 0 saturated heterocycles. The summed E-state index contributed by atoms with van der Waals surface area (Å²) in [5.74, 6) is -0.807. The van der Waals surface area contributed by atoms with E-state index in [1.807, 2.05) is 0 Å². The van der Waals surface area contributed by atoms with Gasteiger partial charge >= 0.3 is 19.8 Å². The summed E-state index contributed by atoms with van der Waals surface area (Å²) in [6, 6.07) is 0. The van der Waals surface area contributed by atoms with Crippen molar-refractivity contribution in [3.8, 4) is 0 Å². The van der Waals surface area contributed by atoms with E-state index in [0.29, 0.717) is 6.42 Å². The molecule has 0 aromatic rings. The van der Waals surface area contributed by atoms with Crippen LogP contribution in [0.3, 0.4) is 0 Å². The Morgan fingerprint density at radius 1 is 0.370 bits per heavy atom. The Balaban J connectivity index is 3.79. The normalized spacial score (nSPS) is 13.1. The second kappa shape index (κ2) is 67.4. The Bertz CT molecular complexity index is 1420. The molecule has 478 valence electrons. The van der Waals surface area contributed by atoms with Gasteiger partial charge in [0.15, 0.2) is 6.10 Å². The molecule has 0 amide bonds. The Morgan fingerprint density at radius 2 is 0.642 bits per heavy atom. The van der Waals surface area contributed by atoms with E-state index in [-0.39, 0.29) is 38.6 Å². The van der Waals surface area contributed by atoms with Gasteiger partial charge in [0, 0.05) is 19.4 Å². The predicted octanol–water partition coefficient (Wildman–Crippen LogP) is 23.1. The monoisotopic (exact) mass is 1160 g/mol. The van der Waals surface area contributed by atoms with Crippen LogP contribution in [0.5, 0.6) is 0 Å². The molecule has 0 aromatic carbocycles. The summed E-state index contributed by atoms with van der Waals surface area (Å²) in [4.78, 5) is 35.3. The number of rotatable bonds is 68. The topological polar surface area (TPSA) is 134 Å². The molecule has 10 heteroatoms. The molecule has 0 saturated carbocycles. The Morgan fingerprint density at radius 3 is 0.951 bits per heavy atom. The third-order valence-electron chi connectivity index (χ3n) is 16.0. The van der Waals surface area contributed by atoms with Gasteiger partial charge < -0.3 is 20.1 Å². The largest absolute Gasteiger partial charge is 0.472 e. The summed E-state index contributed by atoms with van der Waals surface area (Å²) in [6.45, 7) is 3.80. The summed E-state index contributed by atoms with van der Waals surface area (Å²) >= 11 is 0. The third kappa shape index (κ3) is 67.2. The molecule has 0 spiro atoms. The van der Waals surface area contributed by atoms with Gasteiger partial charge in [0.05, 0.1) is 13.2 Å². The molecule has 2 atom stereocenters. The Labute approximate surface area is 503 Å². The summed E-state index contributed by atoms with van der Waals surface area (Å²) in [6.07, 6.45) is 84.0. The molecule has 0 fully saturated rings. The molecule has 3 N–H and O–H groups in total. The molecule has 9 nitrogen and oxygen atoms in total. The number of unbranched alkanes of at least 4 members (excludes halogenated alkanes) is 49. The van der Waals surface area contributed by atoms with Crippen LogP contribution in [0.2, 0.25) is 0 Å². The molecule has 0 rings (SSSR count). The number of carbonyl (C=O) groups excluding carboxylic acids is 2. The molecule has 0 radical (unpaired) electrons. The van der Waals surface area contributed by atoms with Crippen molar-refractivity contribution in [2.75, 3.05) is 26.4 Å². The fourth-order valence-electron chi connectivity index (χ4n) is 10.7. The van der Waals surface area contributed by atoms with E-state index in [1.54, 1.807) is 0 Å². The number of carbonyl (C=O) groups is 2. The minimum Gasteiger partial charge on any atom is -0.462 e. The van der Waals surface area contributed by atoms with Gasteiger partial charge in [-0.05, 0) is 70.6 Å². The van der Waals surface area contributed by atoms with E-state index in [1.165, 1.54) is 302 Å². The number of phosphoric ester groups is 1. The van der Waals surface area contributed by atoms with Crippen molar-refractivity contribution in [3.63, 3.8) is 0 Å². The quantitative estimate of drug-likeness (QED) is 0.0264. The molecule has 81 heavy (non-hydrogen) atoms. The fraction of sp³-hybridized carbons (Fsp3) is 0.887. The summed E-state index contributed by atoms with van der Waals surface area (Å²) in [5, 5.41) is 0. The Hall–Kier alpha value is -1.77. The molecule has 0 aliphatic carbocycles. The van der Waals surface area contributed by atoms with Crippen LogP contribution in [0.4, 0.5) is 0 Å². The van der Waals surface area contributed by atoms with E-state index in [9.17, 15) is 19.0 Å².